The minimum absolute atomic E-state index is 0.152. The van der Waals surface area contributed by atoms with E-state index < -0.39 is 0 Å². The summed E-state index contributed by atoms with van der Waals surface area (Å²) in [6, 6.07) is 15.0. The number of hydrogen-bond acceptors (Lipinski definition) is 2. The average molecular weight is 304 g/mol. The van der Waals surface area contributed by atoms with Gasteiger partial charge in [-0.25, -0.2) is 0 Å². The number of aryl methyl sites for hydroxylation is 1. The summed E-state index contributed by atoms with van der Waals surface area (Å²) < 4.78 is 5.11. The van der Waals surface area contributed by atoms with Gasteiger partial charge in [0.05, 0.1) is 12.6 Å². The predicted molar refractivity (Wildman–Crippen MR) is 89.1 cm³/mol. The monoisotopic (exact) mass is 303 g/mol. The molecule has 3 heteroatoms. The molecule has 0 spiro atoms. The molecule has 2 aromatic carbocycles. The van der Waals surface area contributed by atoms with Crippen LogP contribution in [0.1, 0.15) is 28.3 Å². The molecule has 112 valence electrons. The van der Waals surface area contributed by atoms with Crippen molar-refractivity contribution in [1.82, 2.24) is 5.32 Å². The molecule has 21 heavy (non-hydrogen) atoms. The van der Waals surface area contributed by atoms with E-state index in [1.54, 1.807) is 7.11 Å². The maximum absolute atomic E-state index is 6.24. The summed E-state index contributed by atoms with van der Waals surface area (Å²) in [7, 11) is 3.70. The zero-order chi connectivity index (χ0) is 15.2. The van der Waals surface area contributed by atoms with Gasteiger partial charge in [0, 0.05) is 12.1 Å². The van der Waals surface area contributed by atoms with Gasteiger partial charge in [-0.3, -0.25) is 0 Å². The molecule has 0 aliphatic rings. The molecule has 0 saturated carbocycles. The van der Waals surface area contributed by atoms with Crippen LogP contribution in [0.3, 0.4) is 0 Å². The molecule has 0 aromatic heterocycles. The van der Waals surface area contributed by atoms with Crippen molar-refractivity contribution >= 4 is 11.6 Å². The fraction of sp³-hybridized carbons (Fsp3) is 0.333. The van der Waals surface area contributed by atoms with Gasteiger partial charge < -0.3 is 10.1 Å². The first-order valence-electron chi connectivity index (χ1n) is 7.16. The molecule has 2 nitrogen and oxygen atoms in total. The van der Waals surface area contributed by atoms with Crippen molar-refractivity contribution in [3.8, 4) is 0 Å². The number of hydrogen-bond donors (Lipinski definition) is 1. The number of benzene rings is 2. The topological polar surface area (TPSA) is 21.3 Å². The number of nitrogens with one attached hydrogen (secondary N) is 1. The maximum Gasteiger partial charge on any atom is 0.0574 e. The number of rotatable bonds is 6. The second-order valence-electron chi connectivity index (χ2n) is 5.21. The predicted octanol–water partition coefficient (Wildman–Crippen LogP) is 4.15. The molecule has 0 heterocycles. The van der Waals surface area contributed by atoms with Gasteiger partial charge in [-0.05, 0) is 48.7 Å². The lowest BCUT2D eigenvalue weighted by atomic mass is 9.96. The Balaban J connectivity index is 2.22. The van der Waals surface area contributed by atoms with E-state index in [2.05, 4.69) is 41.7 Å². The summed E-state index contributed by atoms with van der Waals surface area (Å²) in [6.07, 6.45) is 0.942. The largest absolute Gasteiger partial charge is 0.384 e. The van der Waals surface area contributed by atoms with E-state index in [0.29, 0.717) is 0 Å². The summed E-state index contributed by atoms with van der Waals surface area (Å²) in [5.41, 5.74) is 4.80. The Morgan fingerprint density at radius 2 is 1.76 bits per heavy atom. The van der Waals surface area contributed by atoms with Gasteiger partial charge >= 0.3 is 0 Å². The normalized spacial score (nSPS) is 12.4. The minimum Gasteiger partial charge on any atom is -0.384 e. The van der Waals surface area contributed by atoms with Crippen LogP contribution in [0.25, 0.3) is 0 Å². The summed E-state index contributed by atoms with van der Waals surface area (Å²) >= 11 is 6.24. The van der Waals surface area contributed by atoms with E-state index in [9.17, 15) is 0 Å². The van der Waals surface area contributed by atoms with E-state index in [0.717, 1.165) is 23.6 Å². The van der Waals surface area contributed by atoms with Crippen molar-refractivity contribution in [2.45, 2.75) is 19.4 Å². The van der Waals surface area contributed by atoms with Crippen LogP contribution in [0.5, 0.6) is 0 Å². The highest BCUT2D eigenvalue weighted by Gasteiger charge is 2.12. The van der Waals surface area contributed by atoms with Gasteiger partial charge in [0.15, 0.2) is 0 Å². The Morgan fingerprint density at radius 3 is 2.33 bits per heavy atom. The van der Waals surface area contributed by atoms with Crippen LogP contribution in [-0.4, -0.2) is 20.8 Å². The number of methoxy groups -OCH3 is 1. The van der Waals surface area contributed by atoms with Crippen molar-refractivity contribution in [2.24, 2.45) is 0 Å². The molecule has 0 radical (unpaired) electrons. The fourth-order valence-electron chi connectivity index (χ4n) is 2.41. The molecule has 0 bridgehead atoms. The first-order chi connectivity index (χ1) is 10.2. The summed E-state index contributed by atoms with van der Waals surface area (Å²) in [5.74, 6) is 0. The van der Waals surface area contributed by atoms with Crippen LogP contribution >= 0.6 is 11.6 Å². The molecule has 1 unspecified atom stereocenters. The number of halogens is 1. The lowest BCUT2D eigenvalue weighted by Crippen LogP contribution is -2.17. The van der Waals surface area contributed by atoms with Gasteiger partial charge in [0.1, 0.15) is 0 Å². The fourth-order valence-corrected chi connectivity index (χ4v) is 2.60. The third-order valence-electron chi connectivity index (χ3n) is 3.73. The van der Waals surface area contributed by atoms with Crippen LogP contribution in [-0.2, 0) is 11.2 Å². The van der Waals surface area contributed by atoms with E-state index in [1.165, 1.54) is 16.7 Å². The molecule has 0 amide bonds. The SMILES string of the molecule is CNC(c1ccc(CCOC)cc1)c1ccc(C)c(Cl)c1. The van der Waals surface area contributed by atoms with Crippen molar-refractivity contribution < 1.29 is 4.74 Å². The van der Waals surface area contributed by atoms with E-state index >= 15 is 0 Å². The Bertz CT molecular complexity index is 580. The molecule has 0 aliphatic heterocycles. The van der Waals surface area contributed by atoms with Crippen molar-refractivity contribution in [1.29, 1.82) is 0 Å². The lowest BCUT2D eigenvalue weighted by molar-refractivity contribution is 0.202. The molecule has 1 N–H and O–H groups in total. The van der Waals surface area contributed by atoms with E-state index in [1.807, 2.05) is 20.0 Å². The summed E-state index contributed by atoms with van der Waals surface area (Å²) in [5, 5.41) is 4.17. The first kappa shape index (κ1) is 16.0. The zero-order valence-electron chi connectivity index (χ0n) is 12.8. The zero-order valence-corrected chi connectivity index (χ0v) is 13.6. The Hall–Kier alpha value is -1.35. The molecule has 2 rings (SSSR count). The lowest BCUT2D eigenvalue weighted by Gasteiger charge is -2.18. The third-order valence-corrected chi connectivity index (χ3v) is 4.13. The molecule has 0 aliphatic carbocycles. The highest BCUT2D eigenvalue weighted by atomic mass is 35.5. The second kappa shape index (κ2) is 7.60. The molecule has 2 aromatic rings. The van der Waals surface area contributed by atoms with Crippen LogP contribution < -0.4 is 5.32 Å². The van der Waals surface area contributed by atoms with E-state index in [4.69, 9.17) is 16.3 Å². The minimum atomic E-state index is 0.152. The van der Waals surface area contributed by atoms with Gasteiger partial charge in [-0.2, -0.15) is 0 Å². The molecular formula is C18H22ClNO. The van der Waals surface area contributed by atoms with Gasteiger partial charge in [0.25, 0.3) is 0 Å². The molecule has 0 fully saturated rings. The second-order valence-corrected chi connectivity index (χ2v) is 5.62. The Kier molecular flexibility index (Phi) is 5.80. The van der Waals surface area contributed by atoms with Crippen molar-refractivity contribution in [3.63, 3.8) is 0 Å². The van der Waals surface area contributed by atoms with Gasteiger partial charge in [-0.1, -0.05) is 48.0 Å². The van der Waals surface area contributed by atoms with Crippen LogP contribution in [0.2, 0.25) is 5.02 Å². The van der Waals surface area contributed by atoms with Gasteiger partial charge in [0.2, 0.25) is 0 Å². The highest BCUT2D eigenvalue weighted by molar-refractivity contribution is 6.31. The summed E-state index contributed by atoms with van der Waals surface area (Å²) in [4.78, 5) is 0. The smallest absolute Gasteiger partial charge is 0.0574 e. The highest BCUT2D eigenvalue weighted by Crippen LogP contribution is 2.26. The Labute approximate surface area is 132 Å². The summed E-state index contributed by atoms with van der Waals surface area (Å²) in [6.45, 7) is 2.77. The van der Waals surface area contributed by atoms with Crippen LogP contribution in [0.15, 0.2) is 42.5 Å². The van der Waals surface area contributed by atoms with Crippen LogP contribution in [0.4, 0.5) is 0 Å². The third kappa shape index (κ3) is 4.07. The Morgan fingerprint density at radius 1 is 1.10 bits per heavy atom. The standard InChI is InChI=1S/C18H22ClNO/c1-13-4-7-16(12-17(13)19)18(20-2)15-8-5-14(6-9-15)10-11-21-3/h4-9,12,18,20H,10-11H2,1-3H3. The van der Waals surface area contributed by atoms with Crippen molar-refractivity contribution in [3.05, 3.63) is 69.7 Å². The quantitative estimate of drug-likeness (QED) is 0.866. The molecular weight excluding hydrogens is 282 g/mol. The van der Waals surface area contributed by atoms with Gasteiger partial charge in [-0.15, -0.1) is 0 Å². The van der Waals surface area contributed by atoms with E-state index in [-0.39, 0.29) is 6.04 Å². The first-order valence-corrected chi connectivity index (χ1v) is 7.54. The number of ether oxygens (including phenoxy) is 1. The average Bonchev–Trinajstić information content (AvgIpc) is 2.50. The van der Waals surface area contributed by atoms with Crippen molar-refractivity contribution in [2.75, 3.05) is 20.8 Å². The molecule has 0 saturated heterocycles. The molecule has 1 atom stereocenters. The maximum atomic E-state index is 6.24. The van der Waals surface area contributed by atoms with Crippen LogP contribution in [0, 0.1) is 6.92 Å².